The van der Waals surface area contributed by atoms with Crippen LogP contribution in [-0.2, 0) is 72.2 Å². The smallest absolute Gasteiger partial charge is 0.862 e. The number of aliphatic hydroxyl groups excluding tert-OH is 5. The third kappa shape index (κ3) is 15.4. The topological polar surface area (TPSA) is 388 Å². The first-order chi connectivity index (χ1) is 22.4. The van der Waals surface area contributed by atoms with Crippen LogP contribution in [0.3, 0.4) is 0 Å². The molecule has 3 fully saturated rings. The molecule has 3 heterocycles. The van der Waals surface area contributed by atoms with E-state index in [-0.39, 0.29) is 88.7 Å². The Labute approximate surface area is 363 Å². The Morgan fingerprint density at radius 3 is 1.65 bits per heavy atom. The monoisotopic (exact) mass is 849 g/mol. The van der Waals surface area contributed by atoms with Gasteiger partial charge < -0.3 is 68.2 Å². The van der Waals surface area contributed by atoms with Gasteiger partial charge in [-0.2, -0.15) is 8.42 Å². The second-order valence-electron chi connectivity index (χ2n) is 10.7. The molecule has 0 aromatic carbocycles. The molecule has 6 N–H and O–H groups in total. The van der Waals surface area contributed by atoms with Gasteiger partial charge in [-0.1, -0.05) is 0 Å². The number of nitrogens with zero attached hydrogens (tertiary/aromatic N) is 1. The summed E-state index contributed by atoms with van der Waals surface area (Å²) in [7, 11) is -15.5. The van der Waals surface area contributed by atoms with E-state index in [4.69, 9.17) is 28.4 Å². The van der Waals surface area contributed by atoms with Crippen molar-refractivity contribution in [1.82, 2.24) is 0 Å². The minimum absolute atomic E-state index is 0. The van der Waals surface area contributed by atoms with Crippen LogP contribution in [0.4, 0.5) is 0 Å². The van der Waals surface area contributed by atoms with Gasteiger partial charge in [0.05, 0.1) is 19.3 Å². The maximum atomic E-state index is 12.2. The summed E-state index contributed by atoms with van der Waals surface area (Å²) >= 11 is 0. The predicted octanol–water partition coefficient (Wildman–Crippen LogP) is -16.3. The first-order valence-electron chi connectivity index (χ1n) is 13.7. The molecule has 15 atom stereocenters. The molecule has 288 valence electrons. The molecule has 31 heteroatoms. The van der Waals surface area contributed by atoms with Gasteiger partial charge in [0.25, 0.3) is 0 Å². The van der Waals surface area contributed by atoms with E-state index in [0.717, 1.165) is 14.0 Å². The number of ether oxygens (including phenoxy) is 6. The Morgan fingerprint density at radius 2 is 1.17 bits per heavy atom. The van der Waals surface area contributed by atoms with Crippen molar-refractivity contribution in [1.29, 1.82) is 0 Å². The molecule has 0 aliphatic carbocycles. The van der Waals surface area contributed by atoms with E-state index in [1.807, 2.05) is 0 Å². The van der Waals surface area contributed by atoms with Crippen molar-refractivity contribution in [3.05, 3.63) is 0 Å². The van der Waals surface area contributed by atoms with Gasteiger partial charge in [-0.25, -0.2) is 21.0 Å². The SMILES string of the molecule is CO[C@@H]1O[C@H](COS(=O)(=O)[O-])[C@@H](O[C@@H]2O[C@H](COS(=O)(=O)[O-])[C@H](O)[C@H](OS(=O)(=O)O)[C@H]2O)[C@H](O[C@@H]2O[C@@H](C)[C@@H](O)[C@@H](O)[C@@H]2O)[C@H]1N=C(C)[O-].[Na+].[Na+].[Na+]. The number of rotatable bonds is 14. The zero-order valence-electron chi connectivity index (χ0n) is 28.3. The normalized spacial score (nSPS) is 39.1. The minimum atomic E-state index is -5.51. The van der Waals surface area contributed by atoms with E-state index in [1.54, 1.807) is 0 Å². The third-order valence-corrected chi connectivity index (χ3v) is 8.51. The third-order valence-electron chi connectivity index (χ3n) is 7.20. The Bertz CT molecular complexity index is 1470. The molecule has 0 bridgehead atoms. The number of methoxy groups -OCH3 is 1. The van der Waals surface area contributed by atoms with Crippen LogP contribution < -0.4 is 93.8 Å². The van der Waals surface area contributed by atoms with Gasteiger partial charge in [0.15, 0.2) is 18.9 Å². The summed E-state index contributed by atoms with van der Waals surface area (Å²) in [5, 5.41) is 64.7. The van der Waals surface area contributed by atoms with Gasteiger partial charge in [-0.15, -0.1) is 0 Å². The summed E-state index contributed by atoms with van der Waals surface area (Å²) in [6.45, 7) is -0.419. The molecule has 3 rings (SSSR count). The molecule has 0 spiro atoms. The quantitative estimate of drug-likeness (QED) is 0.0311. The molecule has 25 nitrogen and oxygen atoms in total. The molecule has 0 amide bonds. The molecule has 0 unspecified atom stereocenters. The number of aliphatic hydroxyl groups is 5. The van der Waals surface area contributed by atoms with Gasteiger partial charge in [-0.05, 0) is 19.7 Å². The molecule has 0 aromatic heterocycles. The standard InChI is InChI=1S/C21H37NO24S3.3Na/c1-6-11(24)13(26)14(27)20(41-6)45-17-10(22-7(2)23)19(38-3)43-9(5-40-48(32,33)34)16(17)44-21-15(28)18(46-49(35,36)37)12(25)8(42-21)4-39-47(29,30)31;;;/h6,8-21,24-28H,4-5H2,1-3H3,(H,22,23)(H,29,30,31)(H,32,33,34)(H,35,36,37);;;/q;3*+1/p-3/t6-,8+,9+,10+,11+,12-,13+,14-,15+,16+,17+,18-,19+,20-,21-;;;/m0.../s1. The van der Waals surface area contributed by atoms with Crippen LogP contribution in [0.5, 0.6) is 0 Å². The van der Waals surface area contributed by atoms with Gasteiger partial charge >= 0.3 is 99.1 Å². The van der Waals surface area contributed by atoms with E-state index in [0.29, 0.717) is 0 Å². The summed E-state index contributed by atoms with van der Waals surface area (Å²) in [5.74, 6) is -0.927. The van der Waals surface area contributed by atoms with E-state index in [2.05, 4.69) is 17.5 Å². The molecular formula is C21H34NNa3O24S3. The second-order valence-corrected chi connectivity index (χ2v) is 13.9. The van der Waals surface area contributed by atoms with Crippen LogP contribution in [0.15, 0.2) is 4.99 Å². The van der Waals surface area contributed by atoms with Crippen LogP contribution in [0.1, 0.15) is 13.8 Å². The van der Waals surface area contributed by atoms with Crippen molar-refractivity contribution in [2.24, 2.45) is 4.99 Å². The number of hydrogen-bond acceptors (Lipinski definition) is 24. The molecule has 0 aromatic rings. The van der Waals surface area contributed by atoms with E-state index < -0.39 is 142 Å². The zero-order chi connectivity index (χ0) is 37.2. The van der Waals surface area contributed by atoms with Crippen molar-refractivity contribution >= 4 is 37.1 Å². The van der Waals surface area contributed by atoms with Crippen LogP contribution >= 0.6 is 0 Å². The first-order valence-corrected chi connectivity index (χ1v) is 17.7. The summed E-state index contributed by atoms with van der Waals surface area (Å²) in [5.41, 5.74) is 0. The first kappa shape index (κ1) is 53.6. The average molecular weight is 850 g/mol. The van der Waals surface area contributed by atoms with Crippen LogP contribution in [0.25, 0.3) is 0 Å². The Hall–Kier alpha value is 1.64. The van der Waals surface area contributed by atoms with Gasteiger partial charge in [0.2, 0.25) is 20.8 Å². The zero-order valence-corrected chi connectivity index (χ0v) is 36.7. The molecule has 0 radical (unpaired) electrons. The van der Waals surface area contributed by atoms with Crippen LogP contribution in [0, 0.1) is 0 Å². The molecule has 3 saturated heterocycles. The Balaban J connectivity index is 0.00000867. The second kappa shape index (κ2) is 22.1. The maximum Gasteiger partial charge on any atom is 1.00 e. The fourth-order valence-electron chi connectivity index (χ4n) is 5.03. The predicted molar refractivity (Wildman–Crippen MR) is 143 cm³/mol. The van der Waals surface area contributed by atoms with E-state index >= 15 is 0 Å². The van der Waals surface area contributed by atoms with Gasteiger partial charge in [0, 0.05) is 7.11 Å². The molecular weight excluding hydrogens is 815 g/mol. The number of hydrogen-bond donors (Lipinski definition) is 6. The average Bonchev–Trinajstić information content (AvgIpc) is 2.96. The van der Waals surface area contributed by atoms with Crippen molar-refractivity contribution in [3.8, 4) is 0 Å². The molecule has 3 aliphatic heterocycles. The van der Waals surface area contributed by atoms with E-state index in [1.165, 1.54) is 6.92 Å². The largest absolute Gasteiger partial charge is 1.00 e. The van der Waals surface area contributed by atoms with Crippen LogP contribution in [-0.4, -0.2) is 183 Å². The van der Waals surface area contributed by atoms with Crippen molar-refractivity contribution in [3.63, 3.8) is 0 Å². The fraction of sp³-hybridized carbons (Fsp3) is 0.952. The van der Waals surface area contributed by atoms with Crippen molar-refractivity contribution in [2.45, 2.75) is 106 Å². The summed E-state index contributed by atoms with van der Waals surface area (Å²) in [4.78, 5) is 3.80. The minimum Gasteiger partial charge on any atom is -0.862 e. The van der Waals surface area contributed by atoms with Gasteiger partial charge in [0.1, 0.15) is 67.1 Å². The molecule has 0 saturated carbocycles. The summed E-state index contributed by atoms with van der Waals surface area (Å²) < 4.78 is 145. The number of aliphatic imine (C=N–C) groups is 1. The Kier molecular flexibility index (Phi) is 22.8. The Morgan fingerprint density at radius 1 is 0.692 bits per heavy atom. The van der Waals surface area contributed by atoms with E-state index in [9.17, 15) is 69.6 Å². The molecule has 3 aliphatic rings. The van der Waals surface area contributed by atoms with Gasteiger partial charge in [-0.3, -0.25) is 17.9 Å². The van der Waals surface area contributed by atoms with Crippen molar-refractivity contribution in [2.75, 3.05) is 20.3 Å². The maximum absolute atomic E-state index is 12.2. The summed E-state index contributed by atoms with van der Waals surface area (Å²) in [6, 6.07) is -1.70. The van der Waals surface area contributed by atoms with Crippen molar-refractivity contribution < 1.29 is 199 Å². The summed E-state index contributed by atoms with van der Waals surface area (Å²) in [6.07, 6.45) is -28.2. The molecule has 52 heavy (non-hydrogen) atoms. The van der Waals surface area contributed by atoms with Crippen LogP contribution in [0.2, 0.25) is 0 Å². The fourth-order valence-corrected chi connectivity index (χ4v) is 6.14.